The van der Waals surface area contributed by atoms with Crippen LogP contribution in [0.1, 0.15) is 5.69 Å². The second kappa shape index (κ2) is 4.27. The summed E-state index contributed by atoms with van der Waals surface area (Å²) in [6, 6.07) is 1.92. The summed E-state index contributed by atoms with van der Waals surface area (Å²) in [6.07, 6.45) is 6.81. The second-order valence-electron chi connectivity index (χ2n) is 2.00. The molecule has 2 N–H and O–H groups in total. The van der Waals surface area contributed by atoms with Gasteiger partial charge in [-0.05, 0) is 13.0 Å². The molecule has 0 unspecified atom stereocenters. The van der Waals surface area contributed by atoms with E-state index < -0.39 is 0 Å². The van der Waals surface area contributed by atoms with Gasteiger partial charge in [-0.3, -0.25) is 5.10 Å². The van der Waals surface area contributed by atoms with E-state index in [1.165, 1.54) is 0 Å². The minimum Gasteiger partial charge on any atom is -0.351 e. The molecule has 11 heavy (non-hydrogen) atoms. The van der Waals surface area contributed by atoms with Crippen LogP contribution in [-0.2, 0) is 0 Å². The zero-order valence-corrected chi connectivity index (χ0v) is 6.28. The lowest BCUT2D eigenvalue weighted by molar-refractivity contribution is 1.05. The first-order chi connectivity index (χ1) is 5.39. The zero-order valence-electron chi connectivity index (χ0n) is 6.28. The Kier molecular flexibility index (Phi) is 2.92. The number of rotatable bonds is 0. The van der Waals surface area contributed by atoms with Crippen LogP contribution in [0.2, 0.25) is 0 Å². The number of nitrogens with one attached hydrogen (secondary N) is 2. The van der Waals surface area contributed by atoms with Crippen LogP contribution in [0, 0.1) is 6.92 Å². The molecule has 0 radical (unpaired) electrons. The Bertz CT molecular complexity index is 229. The monoisotopic (exact) mass is 150 g/mol. The molecule has 0 aliphatic rings. The van der Waals surface area contributed by atoms with Gasteiger partial charge in [0.05, 0.1) is 6.33 Å². The first-order valence-corrected chi connectivity index (χ1v) is 3.28. The molecule has 0 spiro atoms. The molecule has 0 saturated heterocycles. The Morgan fingerprint density at radius 3 is 2.45 bits per heavy atom. The highest BCUT2D eigenvalue weighted by Crippen LogP contribution is 1.82. The Morgan fingerprint density at radius 2 is 2.27 bits per heavy atom. The lowest BCUT2D eigenvalue weighted by atomic mass is 10.5. The number of aromatic amines is 2. The molecule has 0 atom stereocenters. The normalized spacial score (nSPS) is 8.45. The van der Waals surface area contributed by atoms with Crippen LogP contribution >= 0.6 is 0 Å². The van der Waals surface area contributed by atoms with Gasteiger partial charge in [0.2, 0.25) is 0 Å². The fourth-order valence-electron chi connectivity index (χ4n) is 0.541. The van der Waals surface area contributed by atoms with Gasteiger partial charge in [0.15, 0.2) is 0 Å². The predicted octanol–water partition coefficient (Wildman–Crippen LogP) is 1.13. The van der Waals surface area contributed by atoms with Crippen molar-refractivity contribution in [3.05, 3.63) is 36.7 Å². The van der Waals surface area contributed by atoms with Crippen molar-refractivity contribution in [2.75, 3.05) is 0 Å². The molecule has 0 aromatic carbocycles. The summed E-state index contributed by atoms with van der Waals surface area (Å²) in [5.41, 5.74) is 1.11. The van der Waals surface area contributed by atoms with Crippen LogP contribution in [0.25, 0.3) is 0 Å². The molecule has 4 nitrogen and oxygen atoms in total. The molecule has 0 fully saturated rings. The van der Waals surface area contributed by atoms with Gasteiger partial charge in [-0.1, -0.05) is 0 Å². The minimum atomic E-state index is 1.11. The molecule has 2 heterocycles. The third-order valence-corrected chi connectivity index (χ3v) is 1.05. The van der Waals surface area contributed by atoms with Crippen molar-refractivity contribution in [3.8, 4) is 0 Å². The molecular formula is C7H10N4. The molecule has 2 aromatic heterocycles. The van der Waals surface area contributed by atoms with Crippen molar-refractivity contribution in [2.45, 2.75) is 6.92 Å². The van der Waals surface area contributed by atoms with Gasteiger partial charge in [-0.2, -0.15) is 5.10 Å². The number of H-pyrrole nitrogens is 2. The number of hydrogen-bond donors (Lipinski definition) is 2. The maximum Gasteiger partial charge on any atom is 0.0919 e. The van der Waals surface area contributed by atoms with E-state index in [0.29, 0.717) is 0 Å². The van der Waals surface area contributed by atoms with Crippen LogP contribution in [-0.4, -0.2) is 20.2 Å². The van der Waals surface area contributed by atoms with E-state index in [1.54, 1.807) is 24.9 Å². The molecule has 58 valence electrons. The van der Waals surface area contributed by atoms with Gasteiger partial charge in [-0.25, -0.2) is 4.98 Å². The average molecular weight is 150 g/mol. The molecule has 2 aromatic rings. The van der Waals surface area contributed by atoms with E-state index >= 15 is 0 Å². The van der Waals surface area contributed by atoms with Gasteiger partial charge in [-0.15, -0.1) is 0 Å². The fourth-order valence-corrected chi connectivity index (χ4v) is 0.541. The van der Waals surface area contributed by atoms with Crippen molar-refractivity contribution in [2.24, 2.45) is 0 Å². The molecular weight excluding hydrogens is 140 g/mol. The Labute approximate surface area is 64.7 Å². The summed E-state index contributed by atoms with van der Waals surface area (Å²) in [5.74, 6) is 0. The third kappa shape index (κ3) is 3.20. The topological polar surface area (TPSA) is 57.4 Å². The summed E-state index contributed by atoms with van der Waals surface area (Å²) in [7, 11) is 0. The van der Waals surface area contributed by atoms with Crippen molar-refractivity contribution in [3.63, 3.8) is 0 Å². The Hall–Kier alpha value is -1.58. The second-order valence-corrected chi connectivity index (χ2v) is 2.00. The highest BCUT2D eigenvalue weighted by Gasteiger charge is 1.73. The molecule has 2 rings (SSSR count). The molecule has 0 amide bonds. The van der Waals surface area contributed by atoms with Crippen molar-refractivity contribution in [1.29, 1.82) is 0 Å². The molecule has 0 aliphatic heterocycles. The Balaban J connectivity index is 0.000000112. The lowest BCUT2D eigenvalue weighted by Gasteiger charge is -1.68. The van der Waals surface area contributed by atoms with Gasteiger partial charge in [0.25, 0.3) is 0 Å². The summed E-state index contributed by atoms with van der Waals surface area (Å²) >= 11 is 0. The van der Waals surface area contributed by atoms with Crippen molar-refractivity contribution >= 4 is 0 Å². The van der Waals surface area contributed by atoms with Gasteiger partial charge in [0, 0.05) is 24.3 Å². The fraction of sp³-hybridized carbons (Fsp3) is 0.143. The van der Waals surface area contributed by atoms with E-state index in [4.69, 9.17) is 0 Å². The van der Waals surface area contributed by atoms with Crippen LogP contribution in [0.5, 0.6) is 0 Å². The van der Waals surface area contributed by atoms with Crippen LogP contribution in [0.4, 0.5) is 0 Å². The number of aromatic nitrogens is 4. The predicted molar refractivity (Wildman–Crippen MR) is 41.9 cm³/mol. The van der Waals surface area contributed by atoms with E-state index in [1.807, 2.05) is 13.0 Å². The van der Waals surface area contributed by atoms with Gasteiger partial charge in [0.1, 0.15) is 0 Å². The van der Waals surface area contributed by atoms with Crippen molar-refractivity contribution < 1.29 is 0 Å². The lowest BCUT2D eigenvalue weighted by Crippen LogP contribution is -1.65. The van der Waals surface area contributed by atoms with Crippen LogP contribution in [0.3, 0.4) is 0 Å². The summed E-state index contributed by atoms with van der Waals surface area (Å²) < 4.78 is 0. The van der Waals surface area contributed by atoms with Gasteiger partial charge < -0.3 is 4.98 Å². The van der Waals surface area contributed by atoms with E-state index in [2.05, 4.69) is 20.2 Å². The SMILES string of the molecule is Cc1ccn[nH]1.c1c[nH]cn1. The average Bonchev–Trinajstić information content (AvgIpc) is 2.57. The van der Waals surface area contributed by atoms with E-state index in [9.17, 15) is 0 Å². The number of nitrogens with zero attached hydrogens (tertiary/aromatic N) is 2. The third-order valence-electron chi connectivity index (χ3n) is 1.05. The highest BCUT2D eigenvalue weighted by atomic mass is 15.1. The number of hydrogen-bond acceptors (Lipinski definition) is 2. The van der Waals surface area contributed by atoms with Gasteiger partial charge >= 0.3 is 0 Å². The van der Waals surface area contributed by atoms with Crippen LogP contribution in [0.15, 0.2) is 31.0 Å². The molecule has 0 saturated carbocycles. The maximum atomic E-state index is 3.70. The highest BCUT2D eigenvalue weighted by molar-refractivity contribution is 4.91. The van der Waals surface area contributed by atoms with Crippen molar-refractivity contribution in [1.82, 2.24) is 20.2 Å². The summed E-state index contributed by atoms with van der Waals surface area (Å²) in [4.78, 5) is 6.42. The van der Waals surface area contributed by atoms with Crippen LogP contribution < -0.4 is 0 Å². The zero-order chi connectivity index (χ0) is 7.94. The largest absolute Gasteiger partial charge is 0.351 e. The number of aryl methyl sites for hydroxylation is 1. The maximum absolute atomic E-state index is 3.70. The quantitative estimate of drug-likeness (QED) is 0.591. The first kappa shape index (κ1) is 7.53. The Morgan fingerprint density at radius 1 is 1.36 bits per heavy atom. The molecule has 0 aliphatic carbocycles. The molecule has 4 heteroatoms. The summed E-state index contributed by atoms with van der Waals surface area (Å²) in [5, 5.41) is 6.45. The smallest absolute Gasteiger partial charge is 0.0919 e. The van der Waals surface area contributed by atoms with E-state index in [-0.39, 0.29) is 0 Å². The summed E-state index contributed by atoms with van der Waals surface area (Å²) in [6.45, 7) is 1.97. The standard InChI is InChI=1S/C4H6N2.C3H4N2/c1-4-2-3-5-6-4;1-2-5-3-4-1/h2-3H,1H3,(H,5,6);1-3H,(H,4,5). The van der Waals surface area contributed by atoms with E-state index in [0.717, 1.165) is 5.69 Å². The number of imidazole rings is 1. The first-order valence-electron chi connectivity index (χ1n) is 3.28. The minimum absolute atomic E-state index is 1.11. The molecule has 0 bridgehead atoms.